The standard InChI is InChI=1S/C21H14ClN3O3/c22-13-6-7-14-16(11-24-17(14)8-13)20(26)15(10-23)21(27)18-9-19(28-25-18)12-4-2-1-3-5-12/h1-8,11,15,19,24H,9H2/t15-,19+/m1/s1. The van der Waals surface area contributed by atoms with Crippen molar-refractivity contribution in [1.82, 2.24) is 4.98 Å². The fraction of sp³-hybridized carbons (Fsp3) is 0.143. The number of carbonyl (C=O) groups is 2. The number of hydrogen-bond acceptors (Lipinski definition) is 5. The van der Waals surface area contributed by atoms with Gasteiger partial charge in [0.05, 0.1) is 6.07 Å². The summed E-state index contributed by atoms with van der Waals surface area (Å²) in [4.78, 5) is 34.0. The first-order valence-corrected chi connectivity index (χ1v) is 8.98. The summed E-state index contributed by atoms with van der Waals surface area (Å²) in [5, 5.41) is 14.5. The van der Waals surface area contributed by atoms with Crippen molar-refractivity contribution < 1.29 is 14.4 Å². The third-order valence-electron chi connectivity index (χ3n) is 4.69. The minimum Gasteiger partial charge on any atom is -0.387 e. The Bertz CT molecular complexity index is 1140. The summed E-state index contributed by atoms with van der Waals surface area (Å²) in [5.74, 6) is -2.69. The van der Waals surface area contributed by atoms with Gasteiger partial charge in [0.15, 0.2) is 17.8 Å². The molecule has 0 amide bonds. The van der Waals surface area contributed by atoms with Gasteiger partial charge in [-0.05, 0) is 17.7 Å². The molecule has 28 heavy (non-hydrogen) atoms. The van der Waals surface area contributed by atoms with Crippen molar-refractivity contribution in [2.24, 2.45) is 11.1 Å². The molecule has 2 atom stereocenters. The molecular weight excluding hydrogens is 378 g/mol. The van der Waals surface area contributed by atoms with E-state index in [0.717, 1.165) is 5.56 Å². The maximum atomic E-state index is 12.9. The molecule has 2 aromatic carbocycles. The zero-order valence-corrected chi connectivity index (χ0v) is 15.3. The first kappa shape index (κ1) is 18.0. The number of nitrogens with zero attached hydrogens (tertiary/aromatic N) is 2. The number of benzene rings is 2. The number of H-pyrrole nitrogens is 1. The fourth-order valence-corrected chi connectivity index (χ4v) is 3.40. The van der Waals surface area contributed by atoms with Gasteiger partial charge >= 0.3 is 0 Å². The minimum atomic E-state index is -1.48. The normalized spacial score (nSPS) is 16.9. The minimum absolute atomic E-state index is 0.0941. The second-order valence-electron chi connectivity index (χ2n) is 6.43. The van der Waals surface area contributed by atoms with Gasteiger partial charge in [0, 0.05) is 34.1 Å². The molecule has 0 spiro atoms. The fourth-order valence-electron chi connectivity index (χ4n) is 3.23. The predicted molar refractivity (Wildman–Crippen MR) is 104 cm³/mol. The van der Waals surface area contributed by atoms with E-state index in [1.54, 1.807) is 18.2 Å². The van der Waals surface area contributed by atoms with Crippen molar-refractivity contribution in [1.29, 1.82) is 5.26 Å². The lowest BCUT2D eigenvalue weighted by Crippen LogP contribution is -2.28. The first-order valence-electron chi connectivity index (χ1n) is 8.61. The number of ketones is 2. The number of fused-ring (bicyclic) bond motifs is 1. The SMILES string of the molecule is N#C[C@@H](C(=O)C1=NO[C@H](c2ccccc2)C1)C(=O)c1c[nH]c2cc(Cl)ccc12. The van der Waals surface area contributed by atoms with Gasteiger partial charge in [0.2, 0.25) is 5.78 Å². The molecule has 0 aliphatic carbocycles. The molecule has 0 fully saturated rings. The maximum Gasteiger partial charge on any atom is 0.205 e. The Labute approximate surface area is 165 Å². The molecular formula is C21H14ClN3O3. The molecule has 3 aromatic rings. The van der Waals surface area contributed by atoms with E-state index in [9.17, 15) is 14.9 Å². The average Bonchev–Trinajstić information content (AvgIpc) is 3.36. The molecule has 0 radical (unpaired) electrons. The number of aromatic nitrogens is 1. The van der Waals surface area contributed by atoms with Crippen LogP contribution in [0.25, 0.3) is 10.9 Å². The van der Waals surface area contributed by atoms with Crippen LogP contribution in [0.2, 0.25) is 5.02 Å². The van der Waals surface area contributed by atoms with Crippen LogP contribution in [-0.2, 0) is 9.63 Å². The van der Waals surface area contributed by atoms with Crippen molar-refractivity contribution in [3.63, 3.8) is 0 Å². The number of carbonyl (C=O) groups excluding carboxylic acids is 2. The highest BCUT2D eigenvalue weighted by Gasteiger charge is 2.36. The predicted octanol–water partition coefficient (Wildman–Crippen LogP) is 4.23. The molecule has 1 aliphatic rings. The van der Waals surface area contributed by atoms with Crippen LogP contribution in [0.3, 0.4) is 0 Å². The van der Waals surface area contributed by atoms with Gasteiger partial charge in [0.25, 0.3) is 0 Å². The van der Waals surface area contributed by atoms with Gasteiger partial charge in [-0.1, -0.05) is 53.2 Å². The van der Waals surface area contributed by atoms with E-state index in [2.05, 4.69) is 10.1 Å². The Morgan fingerprint density at radius 1 is 1.21 bits per heavy atom. The lowest BCUT2D eigenvalue weighted by atomic mass is 9.90. The molecule has 0 saturated carbocycles. The van der Waals surface area contributed by atoms with Crippen molar-refractivity contribution in [2.45, 2.75) is 12.5 Å². The van der Waals surface area contributed by atoms with Crippen LogP contribution in [0.4, 0.5) is 0 Å². The molecule has 0 saturated heterocycles. The van der Waals surface area contributed by atoms with Crippen LogP contribution < -0.4 is 0 Å². The average molecular weight is 392 g/mol. The summed E-state index contributed by atoms with van der Waals surface area (Å²) in [6, 6.07) is 16.2. The van der Waals surface area contributed by atoms with Crippen LogP contribution >= 0.6 is 11.6 Å². The summed E-state index contributed by atoms with van der Waals surface area (Å²) < 4.78 is 0. The molecule has 2 heterocycles. The summed E-state index contributed by atoms with van der Waals surface area (Å²) in [6.45, 7) is 0. The van der Waals surface area contributed by atoms with Crippen LogP contribution in [0, 0.1) is 17.2 Å². The molecule has 1 aliphatic heterocycles. The zero-order valence-electron chi connectivity index (χ0n) is 14.6. The van der Waals surface area contributed by atoms with Gasteiger partial charge in [-0.2, -0.15) is 5.26 Å². The monoisotopic (exact) mass is 391 g/mol. The summed E-state index contributed by atoms with van der Waals surface area (Å²) in [5.41, 5.74) is 1.90. The van der Waals surface area contributed by atoms with E-state index in [4.69, 9.17) is 16.4 Å². The van der Waals surface area contributed by atoms with Gasteiger partial charge in [-0.3, -0.25) is 9.59 Å². The number of aromatic amines is 1. The molecule has 6 nitrogen and oxygen atoms in total. The van der Waals surface area contributed by atoms with E-state index in [0.29, 0.717) is 15.9 Å². The van der Waals surface area contributed by atoms with Crippen molar-refractivity contribution in [2.75, 3.05) is 0 Å². The van der Waals surface area contributed by atoms with Gasteiger partial charge in [-0.25, -0.2) is 0 Å². The quantitative estimate of drug-likeness (QED) is 0.520. The first-order chi connectivity index (χ1) is 13.6. The van der Waals surface area contributed by atoms with Crippen molar-refractivity contribution >= 4 is 39.8 Å². The number of halogens is 1. The van der Waals surface area contributed by atoms with E-state index >= 15 is 0 Å². The van der Waals surface area contributed by atoms with Crippen LogP contribution in [0.5, 0.6) is 0 Å². The van der Waals surface area contributed by atoms with Crippen molar-refractivity contribution in [3.8, 4) is 6.07 Å². The summed E-state index contributed by atoms with van der Waals surface area (Å²) in [6.07, 6.45) is 1.31. The third-order valence-corrected chi connectivity index (χ3v) is 4.92. The Morgan fingerprint density at radius 2 is 2.00 bits per heavy atom. The zero-order chi connectivity index (χ0) is 19.7. The summed E-state index contributed by atoms with van der Waals surface area (Å²) in [7, 11) is 0. The Morgan fingerprint density at radius 3 is 2.75 bits per heavy atom. The lowest BCUT2D eigenvalue weighted by molar-refractivity contribution is -0.114. The summed E-state index contributed by atoms with van der Waals surface area (Å²) >= 11 is 5.96. The van der Waals surface area contributed by atoms with E-state index in [1.165, 1.54) is 6.20 Å². The van der Waals surface area contributed by atoms with E-state index < -0.39 is 23.6 Å². The second kappa shape index (κ2) is 7.29. The largest absolute Gasteiger partial charge is 0.387 e. The van der Waals surface area contributed by atoms with Gasteiger partial charge < -0.3 is 9.82 Å². The number of Topliss-reactive ketones (excluding diaryl/α,β-unsaturated/α-hetero) is 2. The smallest absolute Gasteiger partial charge is 0.205 e. The number of oxime groups is 1. The number of nitrogens with one attached hydrogen (secondary N) is 1. The molecule has 7 heteroatoms. The Balaban J connectivity index is 1.56. The Kier molecular flexibility index (Phi) is 4.68. The number of nitriles is 1. The van der Waals surface area contributed by atoms with Crippen molar-refractivity contribution in [3.05, 3.63) is 70.9 Å². The highest BCUT2D eigenvalue weighted by molar-refractivity contribution is 6.46. The van der Waals surface area contributed by atoms with Gasteiger partial charge in [-0.15, -0.1) is 0 Å². The van der Waals surface area contributed by atoms with Crippen LogP contribution in [0.15, 0.2) is 59.9 Å². The number of hydrogen-bond donors (Lipinski definition) is 1. The maximum absolute atomic E-state index is 12.9. The van der Waals surface area contributed by atoms with Crippen LogP contribution in [0.1, 0.15) is 28.4 Å². The highest BCUT2D eigenvalue weighted by atomic mass is 35.5. The number of rotatable bonds is 5. The second-order valence-corrected chi connectivity index (χ2v) is 6.87. The Hall–Kier alpha value is -3.43. The topological polar surface area (TPSA) is 95.3 Å². The van der Waals surface area contributed by atoms with Gasteiger partial charge in [0.1, 0.15) is 5.71 Å². The van der Waals surface area contributed by atoms with E-state index in [1.807, 2.05) is 36.4 Å². The van der Waals surface area contributed by atoms with Crippen LogP contribution in [-0.4, -0.2) is 22.3 Å². The molecule has 0 unspecified atom stereocenters. The molecule has 4 rings (SSSR count). The highest BCUT2D eigenvalue weighted by Crippen LogP contribution is 2.29. The third kappa shape index (κ3) is 3.17. The lowest BCUT2D eigenvalue weighted by Gasteiger charge is -2.08. The molecule has 1 N–H and O–H groups in total. The molecule has 138 valence electrons. The molecule has 0 bridgehead atoms. The van der Waals surface area contributed by atoms with E-state index in [-0.39, 0.29) is 17.7 Å². The molecule has 1 aromatic heterocycles.